The largest absolute Gasteiger partial charge is 0.411 e. The normalized spacial score (nSPS) is 13.6. The first-order valence-electron chi connectivity index (χ1n) is 6.68. The summed E-state index contributed by atoms with van der Waals surface area (Å²) in [7, 11) is 0. The summed E-state index contributed by atoms with van der Waals surface area (Å²) in [5.74, 6) is 0. The fourth-order valence-corrected chi connectivity index (χ4v) is 1.97. The molecule has 1 aromatic rings. The van der Waals surface area contributed by atoms with Crippen LogP contribution in [-0.2, 0) is 0 Å². The topological polar surface area (TPSA) is 52.8 Å². The van der Waals surface area contributed by atoms with Gasteiger partial charge in [-0.05, 0) is 31.7 Å². The number of nitrogens with zero attached hydrogens (tertiary/aromatic N) is 1. The summed E-state index contributed by atoms with van der Waals surface area (Å²) < 4.78 is 0. The number of rotatable bonds is 8. The predicted molar refractivity (Wildman–Crippen MR) is 74.1 cm³/mol. The van der Waals surface area contributed by atoms with Crippen LogP contribution < -0.4 is 0 Å². The number of aliphatic hydroxyl groups is 1. The minimum Gasteiger partial charge on any atom is -0.411 e. The van der Waals surface area contributed by atoms with Crippen molar-refractivity contribution in [1.29, 1.82) is 0 Å². The predicted octanol–water partition coefficient (Wildman–Crippen LogP) is 3.59. The summed E-state index contributed by atoms with van der Waals surface area (Å²) in [6, 6.07) is 9.77. The van der Waals surface area contributed by atoms with E-state index >= 15 is 0 Å². The third-order valence-corrected chi connectivity index (χ3v) is 3.01. The van der Waals surface area contributed by atoms with Gasteiger partial charge in [-0.3, -0.25) is 0 Å². The van der Waals surface area contributed by atoms with Crippen molar-refractivity contribution in [1.82, 2.24) is 0 Å². The fourth-order valence-electron chi connectivity index (χ4n) is 1.97. The first kappa shape index (κ1) is 14.7. The lowest BCUT2D eigenvalue weighted by Gasteiger charge is -2.05. The van der Waals surface area contributed by atoms with Crippen molar-refractivity contribution < 1.29 is 10.3 Å². The summed E-state index contributed by atoms with van der Waals surface area (Å²) in [5, 5.41) is 21.5. The molecule has 1 unspecified atom stereocenters. The second-order valence-electron chi connectivity index (χ2n) is 4.71. The Balaban J connectivity index is 2.22. The van der Waals surface area contributed by atoms with Gasteiger partial charge in [0.25, 0.3) is 0 Å². The van der Waals surface area contributed by atoms with E-state index in [0.29, 0.717) is 0 Å². The monoisotopic (exact) mass is 249 g/mol. The molecule has 0 heterocycles. The minimum absolute atomic E-state index is 0.191. The van der Waals surface area contributed by atoms with E-state index in [1.807, 2.05) is 37.3 Å². The maximum Gasteiger partial charge on any atom is 0.0867 e. The van der Waals surface area contributed by atoms with Crippen molar-refractivity contribution in [2.75, 3.05) is 0 Å². The lowest BCUT2D eigenvalue weighted by Crippen LogP contribution is -2.01. The fraction of sp³-hybridized carbons (Fsp3) is 0.533. The van der Waals surface area contributed by atoms with Crippen LogP contribution in [0.1, 0.15) is 51.0 Å². The second kappa shape index (κ2) is 8.70. The Kier molecular flexibility index (Phi) is 7.11. The summed E-state index contributed by atoms with van der Waals surface area (Å²) >= 11 is 0. The number of hydrogen-bond acceptors (Lipinski definition) is 3. The molecule has 0 spiro atoms. The van der Waals surface area contributed by atoms with Crippen LogP contribution in [-0.4, -0.2) is 22.1 Å². The van der Waals surface area contributed by atoms with Gasteiger partial charge in [-0.2, -0.15) is 0 Å². The molecule has 1 rings (SSSR count). The van der Waals surface area contributed by atoms with Crippen LogP contribution in [0.15, 0.2) is 35.5 Å². The Hall–Kier alpha value is -1.35. The van der Waals surface area contributed by atoms with Gasteiger partial charge >= 0.3 is 0 Å². The highest BCUT2D eigenvalue weighted by Crippen LogP contribution is 2.11. The average molecular weight is 249 g/mol. The highest BCUT2D eigenvalue weighted by Gasteiger charge is 2.03. The highest BCUT2D eigenvalue weighted by molar-refractivity contribution is 6.00. The summed E-state index contributed by atoms with van der Waals surface area (Å²) in [6.45, 7) is 1.83. The molecule has 0 aliphatic heterocycles. The minimum atomic E-state index is -0.191. The van der Waals surface area contributed by atoms with E-state index in [1.54, 1.807) is 0 Å². The Morgan fingerprint density at radius 1 is 1.11 bits per heavy atom. The van der Waals surface area contributed by atoms with Crippen molar-refractivity contribution in [3.05, 3.63) is 35.9 Å². The molecule has 0 aliphatic carbocycles. The van der Waals surface area contributed by atoms with Crippen LogP contribution >= 0.6 is 0 Å². The average Bonchev–Trinajstić information content (AvgIpc) is 2.38. The number of benzene rings is 1. The molecule has 3 nitrogen and oxygen atoms in total. The van der Waals surface area contributed by atoms with Crippen LogP contribution in [0.4, 0.5) is 0 Å². The van der Waals surface area contributed by atoms with Crippen molar-refractivity contribution in [2.24, 2.45) is 5.16 Å². The molecule has 0 amide bonds. The van der Waals surface area contributed by atoms with Crippen LogP contribution in [0.3, 0.4) is 0 Å². The molecule has 0 saturated heterocycles. The van der Waals surface area contributed by atoms with E-state index in [9.17, 15) is 0 Å². The second-order valence-corrected chi connectivity index (χ2v) is 4.71. The summed E-state index contributed by atoms with van der Waals surface area (Å²) in [6.07, 6.45) is 5.80. The van der Waals surface area contributed by atoms with Gasteiger partial charge < -0.3 is 10.3 Å². The zero-order valence-corrected chi connectivity index (χ0v) is 11.0. The smallest absolute Gasteiger partial charge is 0.0867 e. The molecular weight excluding hydrogens is 226 g/mol. The lowest BCUT2D eigenvalue weighted by molar-refractivity contribution is 0.180. The van der Waals surface area contributed by atoms with E-state index in [-0.39, 0.29) is 6.10 Å². The number of hydrogen-bond donors (Lipinski definition) is 2. The van der Waals surface area contributed by atoms with Gasteiger partial charge in [0.1, 0.15) is 0 Å². The van der Waals surface area contributed by atoms with Crippen LogP contribution in [0, 0.1) is 0 Å². The highest BCUT2D eigenvalue weighted by atomic mass is 16.4. The van der Waals surface area contributed by atoms with Gasteiger partial charge in [-0.15, -0.1) is 0 Å². The van der Waals surface area contributed by atoms with E-state index in [4.69, 9.17) is 10.3 Å². The van der Waals surface area contributed by atoms with E-state index in [1.165, 1.54) is 0 Å². The molecule has 1 aromatic carbocycles. The third kappa shape index (κ3) is 5.82. The molecule has 0 radical (unpaired) electrons. The van der Waals surface area contributed by atoms with E-state index in [2.05, 4.69) is 5.16 Å². The maximum absolute atomic E-state index is 9.13. The Morgan fingerprint density at radius 3 is 2.39 bits per heavy atom. The molecule has 0 aliphatic rings. The van der Waals surface area contributed by atoms with Crippen molar-refractivity contribution in [3.63, 3.8) is 0 Å². The number of aliphatic hydroxyl groups excluding tert-OH is 1. The van der Waals surface area contributed by atoms with Gasteiger partial charge in [0.2, 0.25) is 0 Å². The summed E-state index contributed by atoms with van der Waals surface area (Å²) in [4.78, 5) is 0. The maximum atomic E-state index is 9.13. The van der Waals surface area contributed by atoms with Crippen molar-refractivity contribution in [2.45, 2.75) is 51.6 Å². The molecule has 0 bridgehead atoms. The molecule has 3 heteroatoms. The van der Waals surface area contributed by atoms with E-state index in [0.717, 1.165) is 49.8 Å². The zero-order valence-electron chi connectivity index (χ0n) is 11.0. The molecular formula is C15H23NO2. The van der Waals surface area contributed by atoms with Crippen molar-refractivity contribution in [3.8, 4) is 0 Å². The quantitative estimate of drug-likeness (QED) is 0.320. The van der Waals surface area contributed by atoms with Gasteiger partial charge in [-0.25, -0.2) is 0 Å². The molecule has 0 aromatic heterocycles. The van der Waals surface area contributed by atoms with Gasteiger partial charge in [0, 0.05) is 0 Å². The van der Waals surface area contributed by atoms with Gasteiger partial charge in [0.15, 0.2) is 0 Å². The van der Waals surface area contributed by atoms with Crippen LogP contribution in [0.25, 0.3) is 0 Å². The Labute approximate surface area is 109 Å². The zero-order chi connectivity index (χ0) is 13.2. The van der Waals surface area contributed by atoms with Gasteiger partial charge in [-0.1, -0.05) is 54.8 Å². The Morgan fingerprint density at radius 2 is 1.78 bits per heavy atom. The van der Waals surface area contributed by atoms with Crippen LogP contribution in [0.2, 0.25) is 0 Å². The molecule has 1 atom stereocenters. The molecule has 0 saturated carbocycles. The van der Waals surface area contributed by atoms with E-state index < -0.39 is 0 Å². The number of oxime groups is 1. The number of unbranched alkanes of at least 4 members (excludes halogenated alkanes) is 3. The van der Waals surface area contributed by atoms with Crippen molar-refractivity contribution >= 4 is 5.71 Å². The molecule has 2 N–H and O–H groups in total. The van der Waals surface area contributed by atoms with Gasteiger partial charge in [0.05, 0.1) is 11.8 Å². The summed E-state index contributed by atoms with van der Waals surface area (Å²) in [5.41, 5.74) is 1.75. The standard InChI is InChI=1S/C15H23NO2/c1-13(17)9-5-2-3-8-12-15(16-18)14-10-6-4-7-11-14/h4,6-7,10-11,13,17-18H,2-3,5,8-9,12H2,1H3. The lowest BCUT2D eigenvalue weighted by atomic mass is 10.0. The SMILES string of the molecule is CC(O)CCCCCCC(=NO)c1ccccc1. The molecule has 18 heavy (non-hydrogen) atoms. The third-order valence-electron chi connectivity index (χ3n) is 3.01. The van der Waals surface area contributed by atoms with Crippen LogP contribution in [0.5, 0.6) is 0 Å². The molecule has 0 fully saturated rings. The first-order chi connectivity index (χ1) is 8.74. The first-order valence-corrected chi connectivity index (χ1v) is 6.68. The Bertz CT molecular complexity index is 347. The molecule has 100 valence electrons.